The lowest BCUT2D eigenvalue weighted by Gasteiger charge is -2.33. The minimum absolute atomic E-state index is 0.317. The number of hydrogen-bond donors (Lipinski definition) is 2. The molecule has 0 radical (unpaired) electrons. The number of hydrogen-bond acceptors (Lipinski definition) is 2. The molecule has 3 unspecified atom stereocenters. The van der Waals surface area contributed by atoms with E-state index in [1.165, 1.54) is 36.0 Å². The van der Waals surface area contributed by atoms with Crippen molar-refractivity contribution in [1.82, 2.24) is 5.32 Å². The molecule has 0 saturated heterocycles. The monoisotopic (exact) mass is 261 g/mol. The summed E-state index contributed by atoms with van der Waals surface area (Å²) in [4.78, 5) is 0. The van der Waals surface area contributed by atoms with Crippen LogP contribution in [0.2, 0.25) is 0 Å². The number of nitrogens with one attached hydrogen (secondary N) is 1. The van der Waals surface area contributed by atoms with Gasteiger partial charge in [0, 0.05) is 18.7 Å². The van der Waals surface area contributed by atoms with E-state index in [-0.39, 0.29) is 0 Å². The molecule has 0 spiro atoms. The summed E-state index contributed by atoms with van der Waals surface area (Å²) in [6, 6.07) is 7.57. The van der Waals surface area contributed by atoms with Gasteiger partial charge in [-0.2, -0.15) is 0 Å². The van der Waals surface area contributed by atoms with Gasteiger partial charge in [0.15, 0.2) is 0 Å². The van der Waals surface area contributed by atoms with E-state index in [4.69, 9.17) is 0 Å². The Bertz CT molecular complexity index is 395. The largest absolute Gasteiger partial charge is 0.396 e. The predicted octanol–water partition coefficient (Wildman–Crippen LogP) is 3.51. The third-order valence-corrected chi connectivity index (χ3v) is 4.35. The van der Waals surface area contributed by atoms with Gasteiger partial charge in [0.25, 0.3) is 0 Å². The van der Waals surface area contributed by atoms with Crippen LogP contribution in [0.1, 0.15) is 55.3 Å². The number of aryl methyl sites for hydroxylation is 2. The first kappa shape index (κ1) is 14.5. The zero-order valence-corrected chi connectivity index (χ0v) is 12.4. The van der Waals surface area contributed by atoms with Gasteiger partial charge in [0.05, 0.1) is 0 Å². The summed E-state index contributed by atoms with van der Waals surface area (Å²) in [6.45, 7) is 6.86. The van der Waals surface area contributed by atoms with Crippen molar-refractivity contribution in [1.29, 1.82) is 0 Å². The van der Waals surface area contributed by atoms with Crippen LogP contribution in [-0.4, -0.2) is 17.8 Å². The van der Waals surface area contributed by atoms with Gasteiger partial charge in [-0.15, -0.1) is 0 Å². The van der Waals surface area contributed by atoms with E-state index in [1.807, 2.05) is 0 Å². The fourth-order valence-corrected chi connectivity index (χ4v) is 3.32. The SMILES string of the molecule is Cc1cc(C)cc(C(C)NC2CCCCC2CO)c1. The summed E-state index contributed by atoms with van der Waals surface area (Å²) in [7, 11) is 0. The first-order valence-corrected chi connectivity index (χ1v) is 7.55. The van der Waals surface area contributed by atoms with Crippen molar-refractivity contribution in [2.45, 2.75) is 58.5 Å². The highest BCUT2D eigenvalue weighted by Gasteiger charge is 2.25. The Morgan fingerprint density at radius 3 is 2.42 bits per heavy atom. The van der Waals surface area contributed by atoms with Crippen molar-refractivity contribution in [3.63, 3.8) is 0 Å². The lowest BCUT2D eigenvalue weighted by atomic mass is 9.84. The molecule has 2 rings (SSSR count). The van der Waals surface area contributed by atoms with Gasteiger partial charge < -0.3 is 10.4 Å². The van der Waals surface area contributed by atoms with Crippen LogP contribution in [0.15, 0.2) is 18.2 Å². The molecule has 2 N–H and O–H groups in total. The maximum Gasteiger partial charge on any atom is 0.0474 e. The zero-order valence-electron chi connectivity index (χ0n) is 12.4. The number of aliphatic hydroxyl groups excluding tert-OH is 1. The average Bonchev–Trinajstić information content (AvgIpc) is 2.38. The fourth-order valence-electron chi connectivity index (χ4n) is 3.32. The van der Waals surface area contributed by atoms with E-state index >= 15 is 0 Å². The molecule has 2 nitrogen and oxygen atoms in total. The van der Waals surface area contributed by atoms with Crippen LogP contribution < -0.4 is 5.32 Å². The summed E-state index contributed by atoms with van der Waals surface area (Å²) < 4.78 is 0. The molecule has 1 aliphatic carbocycles. The number of rotatable bonds is 4. The number of benzene rings is 1. The molecule has 1 fully saturated rings. The Labute approximate surface area is 117 Å². The van der Waals surface area contributed by atoms with Crippen molar-refractivity contribution in [2.75, 3.05) is 6.61 Å². The topological polar surface area (TPSA) is 32.3 Å². The van der Waals surface area contributed by atoms with Crippen LogP contribution >= 0.6 is 0 Å². The second-order valence-electron chi connectivity index (χ2n) is 6.14. The van der Waals surface area contributed by atoms with Gasteiger partial charge in [-0.25, -0.2) is 0 Å². The van der Waals surface area contributed by atoms with Crippen LogP contribution in [0.25, 0.3) is 0 Å². The van der Waals surface area contributed by atoms with Crippen LogP contribution in [0, 0.1) is 19.8 Å². The molecule has 1 aromatic rings. The van der Waals surface area contributed by atoms with Crippen LogP contribution in [0.4, 0.5) is 0 Å². The van der Waals surface area contributed by atoms with Gasteiger partial charge >= 0.3 is 0 Å². The van der Waals surface area contributed by atoms with Gasteiger partial charge in [-0.3, -0.25) is 0 Å². The minimum atomic E-state index is 0.317. The lowest BCUT2D eigenvalue weighted by Crippen LogP contribution is -2.41. The van der Waals surface area contributed by atoms with Gasteiger partial charge in [0.2, 0.25) is 0 Å². The summed E-state index contributed by atoms with van der Waals surface area (Å²) in [5.74, 6) is 0.433. The maximum atomic E-state index is 9.49. The molecule has 1 aromatic carbocycles. The first-order chi connectivity index (χ1) is 9.10. The standard InChI is InChI=1S/C17H27NO/c1-12-8-13(2)10-16(9-12)14(3)18-17-7-5-4-6-15(17)11-19/h8-10,14-15,17-19H,4-7,11H2,1-3H3. The Balaban J connectivity index is 2.04. The molecule has 0 heterocycles. The van der Waals surface area contributed by atoms with Crippen LogP contribution in [0.3, 0.4) is 0 Å². The second kappa shape index (κ2) is 6.53. The van der Waals surface area contributed by atoms with Crippen molar-refractivity contribution in [3.8, 4) is 0 Å². The molecule has 1 saturated carbocycles. The zero-order chi connectivity index (χ0) is 13.8. The molecular weight excluding hydrogens is 234 g/mol. The molecule has 0 aliphatic heterocycles. The summed E-state index contributed by atoms with van der Waals surface area (Å²) in [5, 5.41) is 13.2. The minimum Gasteiger partial charge on any atom is -0.396 e. The molecular formula is C17H27NO. The molecule has 2 heteroatoms. The normalized spacial score (nSPS) is 25.3. The third kappa shape index (κ3) is 3.80. The van der Waals surface area contributed by atoms with Gasteiger partial charge in [-0.05, 0) is 45.1 Å². The van der Waals surface area contributed by atoms with Crippen LogP contribution in [0.5, 0.6) is 0 Å². The molecule has 0 aromatic heterocycles. The smallest absolute Gasteiger partial charge is 0.0474 e. The summed E-state index contributed by atoms with van der Waals surface area (Å²) in [5.41, 5.74) is 4.01. The first-order valence-electron chi connectivity index (χ1n) is 7.55. The van der Waals surface area contributed by atoms with E-state index in [0.29, 0.717) is 24.6 Å². The Kier molecular flexibility index (Phi) is 5.00. The van der Waals surface area contributed by atoms with E-state index in [2.05, 4.69) is 44.3 Å². The lowest BCUT2D eigenvalue weighted by molar-refractivity contribution is 0.147. The van der Waals surface area contributed by atoms with Crippen molar-refractivity contribution < 1.29 is 5.11 Å². The van der Waals surface area contributed by atoms with E-state index < -0.39 is 0 Å². The van der Waals surface area contributed by atoms with Crippen LogP contribution in [-0.2, 0) is 0 Å². The van der Waals surface area contributed by atoms with Gasteiger partial charge in [0.1, 0.15) is 0 Å². The van der Waals surface area contributed by atoms with E-state index in [9.17, 15) is 5.11 Å². The molecule has 0 amide bonds. The molecule has 106 valence electrons. The molecule has 1 aliphatic rings. The van der Waals surface area contributed by atoms with Crippen molar-refractivity contribution in [2.24, 2.45) is 5.92 Å². The number of aliphatic hydroxyl groups is 1. The summed E-state index contributed by atoms with van der Waals surface area (Å²) in [6.07, 6.45) is 4.91. The van der Waals surface area contributed by atoms with Crippen molar-refractivity contribution in [3.05, 3.63) is 34.9 Å². The van der Waals surface area contributed by atoms with Gasteiger partial charge in [-0.1, -0.05) is 42.2 Å². The molecule has 19 heavy (non-hydrogen) atoms. The quantitative estimate of drug-likeness (QED) is 0.869. The maximum absolute atomic E-state index is 9.49. The second-order valence-corrected chi connectivity index (χ2v) is 6.14. The fraction of sp³-hybridized carbons (Fsp3) is 0.647. The highest BCUT2D eigenvalue weighted by Crippen LogP contribution is 2.27. The predicted molar refractivity (Wildman–Crippen MR) is 80.3 cm³/mol. The van der Waals surface area contributed by atoms with E-state index in [1.54, 1.807) is 0 Å². The average molecular weight is 261 g/mol. The molecule has 0 bridgehead atoms. The van der Waals surface area contributed by atoms with Crippen molar-refractivity contribution >= 4 is 0 Å². The third-order valence-electron chi connectivity index (χ3n) is 4.35. The highest BCUT2D eigenvalue weighted by atomic mass is 16.3. The Morgan fingerprint density at radius 1 is 1.16 bits per heavy atom. The Morgan fingerprint density at radius 2 is 1.79 bits per heavy atom. The highest BCUT2D eigenvalue weighted by molar-refractivity contribution is 5.30. The van der Waals surface area contributed by atoms with E-state index in [0.717, 1.165) is 6.42 Å². The summed E-state index contributed by atoms with van der Waals surface area (Å²) >= 11 is 0. The molecule has 3 atom stereocenters. The Hall–Kier alpha value is -0.860.